The molecule has 0 amide bonds. The number of aromatic nitrogens is 2. The van der Waals surface area contributed by atoms with Crippen molar-refractivity contribution in [3.63, 3.8) is 0 Å². The summed E-state index contributed by atoms with van der Waals surface area (Å²) in [5, 5.41) is 0. The molecule has 1 heterocycles. The maximum absolute atomic E-state index is 11.8. The second-order valence-electron chi connectivity index (χ2n) is 7.50. The van der Waals surface area contributed by atoms with E-state index in [0.29, 0.717) is 6.42 Å². The van der Waals surface area contributed by atoms with Crippen molar-refractivity contribution in [1.82, 2.24) is 9.97 Å². The largest absolute Gasteiger partial charge is 0.457 e. The standard InChI is InChI=1S/C23H23BrN2O2/c1-23(2,3)28-20(27)14-13-16-9-11-17(12-10-16)15-19-25-21(22(24)26-19)18-7-5-4-6-8-18/h4-14H,15H2,1-3H3,(H,25,26). The highest BCUT2D eigenvalue weighted by Gasteiger charge is 2.14. The molecule has 0 aliphatic carbocycles. The Morgan fingerprint density at radius 1 is 1.11 bits per heavy atom. The molecule has 0 radical (unpaired) electrons. The van der Waals surface area contributed by atoms with Crippen LogP contribution in [0.1, 0.15) is 37.7 Å². The Kier molecular flexibility index (Phi) is 6.15. The fraction of sp³-hybridized carbons (Fsp3) is 0.217. The third-order valence-electron chi connectivity index (χ3n) is 3.93. The van der Waals surface area contributed by atoms with Crippen molar-refractivity contribution in [2.45, 2.75) is 32.8 Å². The van der Waals surface area contributed by atoms with Crippen LogP contribution in [0.15, 0.2) is 65.3 Å². The van der Waals surface area contributed by atoms with Crippen LogP contribution in [0.2, 0.25) is 0 Å². The van der Waals surface area contributed by atoms with E-state index >= 15 is 0 Å². The highest BCUT2D eigenvalue weighted by Crippen LogP contribution is 2.26. The Hall–Kier alpha value is -2.66. The van der Waals surface area contributed by atoms with Crippen molar-refractivity contribution in [3.05, 3.63) is 82.2 Å². The molecule has 0 unspecified atom stereocenters. The number of H-pyrrole nitrogens is 1. The number of imidazole rings is 1. The second-order valence-corrected chi connectivity index (χ2v) is 8.29. The first-order chi connectivity index (χ1) is 13.3. The number of hydrogen-bond donors (Lipinski definition) is 1. The van der Waals surface area contributed by atoms with Gasteiger partial charge in [0.25, 0.3) is 0 Å². The number of hydrogen-bond acceptors (Lipinski definition) is 3. The summed E-state index contributed by atoms with van der Waals surface area (Å²) in [4.78, 5) is 19.8. The normalized spacial score (nSPS) is 11.7. The molecule has 1 aromatic heterocycles. The number of rotatable bonds is 5. The lowest BCUT2D eigenvalue weighted by Crippen LogP contribution is -2.22. The summed E-state index contributed by atoms with van der Waals surface area (Å²) in [6.45, 7) is 5.55. The number of carbonyl (C=O) groups is 1. The molecule has 0 saturated heterocycles. The molecule has 5 heteroatoms. The molecule has 144 valence electrons. The summed E-state index contributed by atoms with van der Waals surface area (Å²) in [5.74, 6) is 0.549. The molecule has 4 nitrogen and oxygen atoms in total. The van der Waals surface area contributed by atoms with E-state index in [1.54, 1.807) is 6.08 Å². The Balaban J connectivity index is 1.66. The summed E-state index contributed by atoms with van der Waals surface area (Å²) in [6.07, 6.45) is 3.91. The Bertz CT molecular complexity index is 968. The van der Waals surface area contributed by atoms with Crippen LogP contribution in [-0.2, 0) is 16.0 Å². The third-order valence-corrected chi connectivity index (χ3v) is 4.50. The lowest BCUT2D eigenvalue weighted by atomic mass is 10.1. The van der Waals surface area contributed by atoms with Gasteiger partial charge in [-0.15, -0.1) is 0 Å². The molecule has 0 bridgehead atoms. The van der Waals surface area contributed by atoms with Crippen molar-refractivity contribution < 1.29 is 9.53 Å². The lowest BCUT2D eigenvalue weighted by molar-refractivity contribution is -0.148. The molecule has 3 aromatic rings. The first-order valence-electron chi connectivity index (χ1n) is 9.10. The van der Waals surface area contributed by atoms with Crippen LogP contribution < -0.4 is 0 Å². The fourth-order valence-electron chi connectivity index (χ4n) is 2.71. The van der Waals surface area contributed by atoms with E-state index in [1.165, 1.54) is 6.08 Å². The Labute approximate surface area is 173 Å². The zero-order valence-electron chi connectivity index (χ0n) is 16.2. The number of nitrogens with zero attached hydrogens (tertiary/aromatic N) is 1. The number of esters is 1. The van der Waals surface area contributed by atoms with Crippen LogP contribution in [0.25, 0.3) is 17.3 Å². The fourth-order valence-corrected chi connectivity index (χ4v) is 3.26. The van der Waals surface area contributed by atoms with Crippen LogP contribution in [0.5, 0.6) is 0 Å². The van der Waals surface area contributed by atoms with Crippen molar-refractivity contribution >= 4 is 28.0 Å². The van der Waals surface area contributed by atoms with Gasteiger partial charge in [-0.3, -0.25) is 0 Å². The molecule has 0 spiro atoms. The van der Waals surface area contributed by atoms with Gasteiger partial charge in [0.1, 0.15) is 21.7 Å². The quantitative estimate of drug-likeness (QED) is 0.405. The first-order valence-corrected chi connectivity index (χ1v) is 9.89. The molecular weight excluding hydrogens is 416 g/mol. The van der Waals surface area contributed by atoms with Crippen LogP contribution in [-0.4, -0.2) is 21.5 Å². The molecule has 0 saturated carbocycles. The van der Waals surface area contributed by atoms with Gasteiger partial charge < -0.3 is 9.72 Å². The lowest BCUT2D eigenvalue weighted by Gasteiger charge is -2.17. The van der Waals surface area contributed by atoms with Gasteiger partial charge in [0.2, 0.25) is 0 Å². The van der Waals surface area contributed by atoms with Gasteiger partial charge in [0, 0.05) is 18.1 Å². The van der Waals surface area contributed by atoms with E-state index in [4.69, 9.17) is 9.72 Å². The number of halogens is 1. The maximum Gasteiger partial charge on any atom is 0.331 e. The zero-order chi connectivity index (χ0) is 20.1. The van der Waals surface area contributed by atoms with Crippen LogP contribution in [0.4, 0.5) is 0 Å². The molecule has 28 heavy (non-hydrogen) atoms. The molecule has 0 fully saturated rings. The minimum absolute atomic E-state index is 0.342. The highest BCUT2D eigenvalue weighted by molar-refractivity contribution is 9.10. The smallest absolute Gasteiger partial charge is 0.331 e. The van der Waals surface area contributed by atoms with Gasteiger partial charge in [0.05, 0.1) is 0 Å². The minimum Gasteiger partial charge on any atom is -0.457 e. The average molecular weight is 439 g/mol. The molecule has 3 rings (SSSR count). The van der Waals surface area contributed by atoms with E-state index in [9.17, 15) is 4.79 Å². The molecule has 0 aliphatic rings. The number of ether oxygens (including phenoxy) is 1. The number of benzene rings is 2. The predicted molar refractivity (Wildman–Crippen MR) is 116 cm³/mol. The Morgan fingerprint density at radius 3 is 2.43 bits per heavy atom. The summed E-state index contributed by atoms with van der Waals surface area (Å²) >= 11 is 3.56. The van der Waals surface area contributed by atoms with E-state index < -0.39 is 5.60 Å². The maximum atomic E-state index is 11.8. The van der Waals surface area contributed by atoms with E-state index in [0.717, 1.165) is 32.8 Å². The minimum atomic E-state index is -0.485. The van der Waals surface area contributed by atoms with E-state index in [2.05, 4.69) is 20.9 Å². The second kappa shape index (κ2) is 8.57. The SMILES string of the molecule is CC(C)(C)OC(=O)C=Cc1ccc(Cc2nc(-c3ccccc3)c(Br)[nH]2)cc1. The summed E-state index contributed by atoms with van der Waals surface area (Å²) in [7, 11) is 0. The number of nitrogens with one attached hydrogen (secondary N) is 1. The van der Waals surface area contributed by atoms with Gasteiger partial charge in [0.15, 0.2) is 0 Å². The zero-order valence-corrected chi connectivity index (χ0v) is 17.8. The average Bonchev–Trinajstić information content (AvgIpc) is 3.01. The van der Waals surface area contributed by atoms with Crippen molar-refractivity contribution in [1.29, 1.82) is 0 Å². The summed E-state index contributed by atoms with van der Waals surface area (Å²) < 4.78 is 6.15. The first kappa shape index (κ1) is 20.1. The number of carbonyl (C=O) groups excluding carboxylic acids is 1. The highest BCUT2D eigenvalue weighted by atomic mass is 79.9. The van der Waals surface area contributed by atoms with Gasteiger partial charge in [-0.1, -0.05) is 54.6 Å². The van der Waals surface area contributed by atoms with Crippen molar-refractivity contribution in [2.75, 3.05) is 0 Å². The van der Waals surface area contributed by atoms with Crippen LogP contribution in [0, 0.1) is 0 Å². The summed E-state index contributed by atoms with van der Waals surface area (Å²) in [6, 6.07) is 18.1. The number of aromatic amines is 1. The molecule has 2 aromatic carbocycles. The van der Waals surface area contributed by atoms with Gasteiger partial charge >= 0.3 is 5.97 Å². The van der Waals surface area contributed by atoms with Gasteiger partial charge in [-0.2, -0.15) is 0 Å². The summed E-state index contributed by atoms with van der Waals surface area (Å²) in [5.41, 5.74) is 3.57. The van der Waals surface area contributed by atoms with E-state index in [-0.39, 0.29) is 5.97 Å². The van der Waals surface area contributed by atoms with Gasteiger partial charge in [-0.25, -0.2) is 9.78 Å². The third kappa shape index (κ3) is 5.67. The monoisotopic (exact) mass is 438 g/mol. The Morgan fingerprint density at radius 2 is 1.79 bits per heavy atom. The van der Waals surface area contributed by atoms with Gasteiger partial charge in [-0.05, 0) is 53.9 Å². The molecule has 0 aliphatic heterocycles. The van der Waals surface area contributed by atoms with Crippen molar-refractivity contribution in [2.24, 2.45) is 0 Å². The molecule has 0 atom stereocenters. The van der Waals surface area contributed by atoms with Crippen LogP contribution in [0.3, 0.4) is 0 Å². The van der Waals surface area contributed by atoms with Crippen molar-refractivity contribution in [3.8, 4) is 11.3 Å². The van der Waals surface area contributed by atoms with Crippen LogP contribution >= 0.6 is 15.9 Å². The van der Waals surface area contributed by atoms with E-state index in [1.807, 2.05) is 75.4 Å². The molecular formula is C23H23BrN2O2. The predicted octanol–water partition coefficient (Wildman–Crippen LogP) is 5.78. The topological polar surface area (TPSA) is 55.0 Å². The molecule has 1 N–H and O–H groups in total.